The van der Waals surface area contributed by atoms with E-state index in [4.69, 9.17) is 10.7 Å². The fraction of sp³-hybridized carbons (Fsp3) is 0.500. The highest BCUT2D eigenvalue weighted by molar-refractivity contribution is 5.61. The fourth-order valence-electron chi connectivity index (χ4n) is 3.74. The number of nitrogens with two attached hydrogens (primary N) is 1. The Kier molecular flexibility index (Phi) is 3.11. The van der Waals surface area contributed by atoms with Gasteiger partial charge in [-0.1, -0.05) is 12.1 Å². The van der Waals surface area contributed by atoms with Crippen LogP contribution in [0.2, 0.25) is 0 Å². The number of hydrogen-bond donors (Lipinski definition) is 1. The Hall–Kier alpha value is -1.61. The lowest BCUT2D eigenvalue weighted by atomic mass is 9.90. The molecule has 4 rings (SSSR count). The van der Waals surface area contributed by atoms with Crippen molar-refractivity contribution in [2.45, 2.75) is 57.5 Å². The third kappa shape index (κ3) is 2.20. The van der Waals surface area contributed by atoms with Gasteiger partial charge in [-0.3, -0.25) is 0 Å². The minimum atomic E-state index is 0.253. The normalized spacial score (nSPS) is 24.5. The molecule has 2 aromatic rings. The Morgan fingerprint density at radius 3 is 2.81 bits per heavy atom. The average Bonchev–Trinajstić information content (AvgIpc) is 2.95. The maximum absolute atomic E-state index is 6.18. The summed E-state index contributed by atoms with van der Waals surface area (Å²) in [7, 11) is 0. The van der Waals surface area contributed by atoms with E-state index < -0.39 is 0 Å². The molecule has 2 heterocycles. The van der Waals surface area contributed by atoms with E-state index in [1.165, 1.54) is 48.2 Å². The largest absolute Gasteiger partial charge is 0.330 e. The summed E-state index contributed by atoms with van der Waals surface area (Å²) in [5, 5.41) is 0. The van der Waals surface area contributed by atoms with Crippen molar-refractivity contribution in [2.75, 3.05) is 0 Å². The van der Waals surface area contributed by atoms with E-state index in [0.29, 0.717) is 6.04 Å². The summed E-state index contributed by atoms with van der Waals surface area (Å²) in [4.78, 5) is 4.86. The van der Waals surface area contributed by atoms with Gasteiger partial charge in [0.15, 0.2) is 0 Å². The van der Waals surface area contributed by atoms with Crippen LogP contribution >= 0.6 is 0 Å². The van der Waals surface area contributed by atoms with Crippen molar-refractivity contribution < 1.29 is 0 Å². The lowest BCUT2D eigenvalue weighted by molar-refractivity contribution is 0.368. The van der Waals surface area contributed by atoms with E-state index in [-0.39, 0.29) is 6.04 Å². The summed E-state index contributed by atoms with van der Waals surface area (Å²) in [6.45, 7) is 2.20. The SMILES string of the molecule is CC1C(N)CCc2nc(-c3ccc4c(c3)CCCC4)cn21. The van der Waals surface area contributed by atoms with Crippen molar-refractivity contribution in [3.63, 3.8) is 0 Å². The molecule has 1 aromatic carbocycles. The van der Waals surface area contributed by atoms with Gasteiger partial charge in [-0.2, -0.15) is 0 Å². The van der Waals surface area contributed by atoms with Gasteiger partial charge in [-0.25, -0.2) is 4.98 Å². The topological polar surface area (TPSA) is 43.8 Å². The Labute approximate surface area is 126 Å². The number of nitrogens with zero attached hydrogens (tertiary/aromatic N) is 2. The van der Waals surface area contributed by atoms with Gasteiger partial charge in [0.25, 0.3) is 0 Å². The van der Waals surface area contributed by atoms with E-state index in [1.807, 2.05) is 0 Å². The Bertz CT molecular complexity index is 671. The second kappa shape index (κ2) is 4.99. The molecule has 0 saturated carbocycles. The molecular weight excluding hydrogens is 258 g/mol. The Morgan fingerprint density at radius 1 is 1.14 bits per heavy atom. The molecule has 3 heteroatoms. The highest BCUT2D eigenvalue weighted by Crippen LogP contribution is 2.30. The van der Waals surface area contributed by atoms with Crippen LogP contribution in [0.15, 0.2) is 24.4 Å². The number of fused-ring (bicyclic) bond motifs is 2. The second-order valence-electron chi connectivity index (χ2n) is 6.58. The number of imidazole rings is 1. The van der Waals surface area contributed by atoms with E-state index in [1.54, 1.807) is 0 Å². The van der Waals surface area contributed by atoms with Gasteiger partial charge in [0.1, 0.15) is 5.82 Å². The van der Waals surface area contributed by atoms with Crippen LogP contribution in [0.25, 0.3) is 11.3 Å². The molecule has 110 valence electrons. The maximum Gasteiger partial charge on any atom is 0.109 e. The summed E-state index contributed by atoms with van der Waals surface area (Å²) < 4.78 is 2.28. The average molecular weight is 281 g/mol. The number of benzene rings is 1. The van der Waals surface area contributed by atoms with Crippen LogP contribution in [0.5, 0.6) is 0 Å². The van der Waals surface area contributed by atoms with Crippen molar-refractivity contribution in [1.29, 1.82) is 0 Å². The smallest absolute Gasteiger partial charge is 0.109 e. The predicted octanol–water partition coefficient (Wildman–Crippen LogP) is 3.26. The van der Waals surface area contributed by atoms with Gasteiger partial charge in [0.05, 0.1) is 5.69 Å². The van der Waals surface area contributed by atoms with Crippen LogP contribution < -0.4 is 5.73 Å². The van der Waals surface area contributed by atoms with E-state index in [9.17, 15) is 0 Å². The molecule has 2 N–H and O–H groups in total. The van der Waals surface area contributed by atoms with Crippen LogP contribution in [-0.4, -0.2) is 15.6 Å². The molecule has 21 heavy (non-hydrogen) atoms. The summed E-state index contributed by atoms with van der Waals surface area (Å²) >= 11 is 0. The Balaban J connectivity index is 1.73. The molecule has 2 aliphatic rings. The van der Waals surface area contributed by atoms with Gasteiger partial charge in [-0.15, -0.1) is 0 Å². The molecule has 0 saturated heterocycles. The van der Waals surface area contributed by atoms with Crippen molar-refractivity contribution in [2.24, 2.45) is 5.73 Å². The van der Waals surface area contributed by atoms with Crippen LogP contribution in [0, 0.1) is 0 Å². The first kappa shape index (κ1) is 13.1. The van der Waals surface area contributed by atoms with Gasteiger partial charge in [0.2, 0.25) is 0 Å². The van der Waals surface area contributed by atoms with Crippen molar-refractivity contribution >= 4 is 0 Å². The zero-order chi connectivity index (χ0) is 14.4. The molecule has 0 bridgehead atoms. The van der Waals surface area contributed by atoms with Crippen LogP contribution in [0.1, 0.15) is 49.2 Å². The lowest BCUT2D eigenvalue weighted by Gasteiger charge is -2.27. The lowest BCUT2D eigenvalue weighted by Crippen LogP contribution is -2.35. The zero-order valence-corrected chi connectivity index (χ0v) is 12.7. The minimum absolute atomic E-state index is 0.253. The van der Waals surface area contributed by atoms with Crippen LogP contribution in [0.4, 0.5) is 0 Å². The predicted molar refractivity (Wildman–Crippen MR) is 85.3 cm³/mol. The highest BCUT2D eigenvalue weighted by Gasteiger charge is 2.24. The number of hydrogen-bond acceptors (Lipinski definition) is 2. The Morgan fingerprint density at radius 2 is 1.95 bits per heavy atom. The van der Waals surface area contributed by atoms with E-state index in [0.717, 1.165) is 18.5 Å². The summed E-state index contributed by atoms with van der Waals surface area (Å²) in [5.41, 5.74) is 11.6. The fourth-order valence-corrected chi connectivity index (χ4v) is 3.74. The third-order valence-corrected chi connectivity index (χ3v) is 5.21. The standard InChI is InChI=1S/C18H23N3/c1-12-16(19)8-9-18-20-17(11-21(12)18)15-7-6-13-4-2-3-5-14(13)10-15/h6-7,10-12,16H,2-5,8-9,19H2,1H3. The molecular formula is C18H23N3. The van der Waals surface area contributed by atoms with Crippen LogP contribution in [0.3, 0.4) is 0 Å². The molecule has 0 radical (unpaired) electrons. The molecule has 0 fully saturated rings. The maximum atomic E-state index is 6.18. The van der Waals surface area contributed by atoms with Gasteiger partial charge in [-0.05, 0) is 56.2 Å². The molecule has 0 spiro atoms. The first-order valence-electron chi connectivity index (χ1n) is 8.18. The molecule has 0 amide bonds. The summed E-state index contributed by atoms with van der Waals surface area (Å²) in [6, 6.07) is 7.50. The number of aryl methyl sites for hydroxylation is 3. The molecule has 2 unspecified atom stereocenters. The summed E-state index contributed by atoms with van der Waals surface area (Å²) in [6.07, 6.45) is 9.35. The quantitative estimate of drug-likeness (QED) is 0.872. The first-order chi connectivity index (χ1) is 10.2. The highest BCUT2D eigenvalue weighted by atomic mass is 15.1. The number of aromatic nitrogens is 2. The molecule has 2 atom stereocenters. The van der Waals surface area contributed by atoms with Crippen LogP contribution in [-0.2, 0) is 19.3 Å². The molecule has 3 nitrogen and oxygen atoms in total. The molecule has 1 aromatic heterocycles. The van der Waals surface area contributed by atoms with E-state index in [2.05, 4.69) is 35.9 Å². The second-order valence-corrected chi connectivity index (χ2v) is 6.58. The zero-order valence-electron chi connectivity index (χ0n) is 12.7. The summed E-state index contributed by atoms with van der Waals surface area (Å²) in [5.74, 6) is 1.19. The van der Waals surface area contributed by atoms with Gasteiger partial charge >= 0.3 is 0 Å². The van der Waals surface area contributed by atoms with E-state index >= 15 is 0 Å². The molecule has 1 aliphatic heterocycles. The monoisotopic (exact) mass is 281 g/mol. The minimum Gasteiger partial charge on any atom is -0.330 e. The van der Waals surface area contributed by atoms with Crippen molar-refractivity contribution in [3.05, 3.63) is 41.3 Å². The molecule has 1 aliphatic carbocycles. The third-order valence-electron chi connectivity index (χ3n) is 5.21. The van der Waals surface area contributed by atoms with Gasteiger partial charge < -0.3 is 10.3 Å². The van der Waals surface area contributed by atoms with Crippen molar-refractivity contribution in [3.8, 4) is 11.3 Å². The van der Waals surface area contributed by atoms with Crippen molar-refractivity contribution in [1.82, 2.24) is 9.55 Å². The first-order valence-corrected chi connectivity index (χ1v) is 8.18. The number of rotatable bonds is 1. The van der Waals surface area contributed by atoms with Gasteiger partial charge in [0, 0.05) is 30.3 Å².